The second kappa shape index (κ2) is 7.08. The third kappa shape index (κ3) is 3.63. The number of nitrogens with one attached hydrogen (secondary N) is 1. The van der Waals surface area contributed by atoms with Crippen LogP contribution in [0.1, 0.15) is 30.9 Å². The van der Waals surface area contributed by atoms with Gasteiger partial charge in [0.15, 0.2) is 0 Å². The lowest BCUT2D eigenvalue weighted by atomic mass is 10.0. The molecule has 0 atom stereocenters. The number of nitrogens with zero attached hydrogens (tertiary/aromatic N) is 5. The van der Waals surface area contributed by atoms with Gasteiger partial charge in [0, 0.05) is 29.7 Å². The molecule has 0 saturated heterocycles. The van der Waals surface area contributed by atoms with Crippen LogP contribution in [0.4, 0.5) is 5.95 Å². The summed E-state index contributed by atoms with van der Waals surface area (Å²) in [6.45, 7) is 4.50. The Kier molecular flexibility index (Phi) is 4.69. The van der Waals surface area contributed by atoms with Crippen LogP contribution in [0, 0.1) is 0 Å². The minimum atomic E-state index is -0.220. The Morgan fingerprint density at radius 3 is 2.80 bits per heavy atom. The summed E-state index contributed by atoms with van der Waals surface area (Å²) in [5, 5.41) is 4.37. The Bertz CT molecular complexity index is 941. The number of hydrogen-bond acceptors (Lipinski definition) is 5. The summed E-state index contributed by atoms with van der Waals surface area (Å²) in [6, 6.07) is 3.86. The van der Waals surface area contributed by atoms with Crippen molar-refractivity contribution in [2.24, 2.45) is 10.7 Å². The summed E-state index contributed by atoms with van der Waals surface area (Å²) >= 11 is 0. The van der Waals surface area contributed by atoms with Crippen LogP contribution >= 0.6 is 0 Å². The molecule has 0 radical (unpaired) electrons. The second-order valence-corrected chi connectivity index (χ2v) is 5.87. The van der Waals surface area contributed by atoms with Gasteiger partial charge in [-0.2, -0.15) is 5.10 Å². The largest absolute Gasteiger partial charge is 0.390 e. The molecule has 0 aliphatic carbocycles. The van der Waals surface area contributed by atoms with Crippen molar-refractivity contribution in [2.45, 2.75) is 26.3 Å². The lowest BCUT2D eigenvalue weighted by Crippen LogP contribution is -2.17. The average Bonchev–Trinajstić information content (AvgIpc) is 3.03. The lowest BCUT2D eigenvalue weighted by molar-refractivity contribution is 0.686. The highest BCUT2D eigenvalue weighted by atomic mass is 16.1. The van der Waals surface area contributed by atoms with Gasteiger partial charge < -0.3 is 5.73 Å². The SMILES string of the molecule is CC(C)c1c(-c2cnn(Cc3ccncc3)c2)nc(N=CN)[nH]c1=O. The maximum absolute atomic E-state index is 12.4. The summed E-state index contributed by atoms with van der Waals surface area (Å²) < 4.78 is 1.80. The van der Waals surface area contributed by atoms with E-state index in [0.717, 1.165) is 17.5 Å². The molecule has 0 aliphatic rings. The van der Waals surface area contributed by atoms with Crippen molar-refractivity contribution in [1.82, 2.24) is 24.7 Å². The molecule has 0 fully saturated rings. The first-order valence-corrected chi connectivity index (χ1v) is 7.88. The highest BCUT2D eigenvalue weighted by molar-refractivity contribution is 5.64. The first-order chi connectivity index (χ1) is 12.1. The van der Waals surface area contributed by atoms with Gasteiger partial charge >= 0.3 is 0 Å². The zero-order valence-electron chi connectivity index (χ0n) is 14.0. The first kappa shape index (κ1) is 16.6. The molecular formula is C17H19N7O. The molecule has 3 rings (SSSR count). The number of pyridine rings is 1. The maximum atomic E-state index is 12.4. The highest BCUT2D eigenvalue weighted by Gasteiger charge is 2.17. The molecule has 128 valence electrons. The monoisotopic (exact) mass is 337 g/mol. The molecule has 3 N–H and O–H groups in total. The van der Waals surface area contributed by atoms with Gasteiger partial charge in [-0.25, -0.2) is 9.98 Å². The van der Waals surface area contributed by atoms with Crippen LogP contribution in [-0.2, 0) is 6.54 Å². The molecular weight excluding hydrogens is 318 g/mol. The van der Waals surface area contributed by atoms with E-state index in [2.05, 4.69) is 25.0 Å². The fourth-order valence-corrected chi connectivity index (χ4v) is 2.61. The number of nitrogens with two attached hydrogens (primary N) is 1. The molecule has 8 nitrogen and oxygen atoms in total. The molecule has 3 heterocycles. The van der Waals surface area contributed by atoms with Gasteiger partial charge in [0.25, 0.3) is 5.56 Å². The summed E-state index contributed by atoms with van der Waals surface area (Å²) in [7, 11) is 0. The van der Waals surface area contributed by atoms with Gasteiger partial charge in [-0.15, -0.1) is 0 Å². The zero-order chi connectivity index (χ0) is 17.8. The van der Waals surface area contributed by atoms with Crippen molar-refractivity contribution in [3.05, 3.63) is 58.4 Å². The van der Waals surface area contributed by atoms with E-state index in [9.17, 15) is 4.79 Å². The lowest BCUT2D eigenvalue weighted by Gasteiger charge is -2.10. The molecule has 0 aliphatic heterocycles. The molecule has 3 aromatic rings. The van der Waals surface area contributed by atoms with E-state index >= 15 is 0 Å². The van der Waals surface area contributed by atoms with Crippen molar-refractivity contribution in [3.8, 4) is 11.3 Å². The Morgan fingerprint density at radius 2 is 2.12 bits per heavy atom. The second-order valence-electron chi connectivity index (χ2n) is 5.87. The standard InChI is InChI=1S/C17H19N7O/c1-11(2)14-15(22-17(20-10-18)23-16(14)25)13-7-21-24(9-13)8-12-3-5-19-6-4-12/h3-7,9-11H,8H2,1-2H3,(H3,18,20,22,23,25). The van der Waals surface area contributed by atoms with Crippen molar-refractivity contribution in [3.63, 3.8) is 0 Å². The quantitative estimate of drug-likeness (QED) is 0.544. The number of H-pyrrole nitrogens is 1. The molecule has 0 bridgehead atoms. The highest BCUT2D eigenvalue weighted by Crippen LogP contribution is 2.25. The summed E-state index contributed by atoms with van der Waals surface area (Å²) in [5.41, 5.74) is 8.10. The fourth-order valence-electron chi connectivity index (χ4n) is 2.61. The predicted molar refractivity (Wildman–Crippen MR) is 95.8 cm³/mol. The van der Waals surface area contributed by atoms with E-state index < -0.39 is 0 Å². The summed E-state index contributed by atoms with van der Waals surface area (Å²) in [6.07, 6.45) is 8.15. The summed E-state index contributed by atoms with van der Waals surface area (Å²) in [5.74, 6) is 0.180. The zero-order valence-corrected chi connectivity index (χ0v) is 14.0. The molecule has 0 amide bonds. The van der Waals surface area contributed by atoms with Crippen LogP contribution in [0.25, 0.3) is 11.3 Å². The number of aromatic amines is 1. The summed E-state index contributed by atoms with van der Waals surface area (Å²) in [4.78, 5) is 27.4. The molecule has 0 spiro atoms. The normalized spacial score (nSPS) is 11.5. The van der Waals surface area contributed by atoms with E-state index in [1.54, 1.807) is 23.3 Å². The van der Waals surface area contributed by atoms with E-state index in [-0.39, 0.29) is 17.4 Å². The number of rotatable bonds is 5. The molecule has 8 heteroatoms. The van der Waals surface area contributed by atoms with Crippen LogP contribution in [0.3, 0.4) is 0 Å². The number of aromatic nitrogens is 5. The Labute approximate surface area is 144 Å². The molecule has 0 saturated carbocycles. The molecule has 3 aromatic heterocycles. The third-order valence-electron chi connectivity index (χ3n) is 3.72. The van der Waals surface area contributed by atoms with Crippen LogP contribution in [0.2, 0.25) is 0 Å². The topological polar surface area (TPSA) is 115 Å². The van der Waals surface area contributed by atoms with Crippen molar-refractivity contribution < 1.29 is 0 Å². The first-order valence-electron chi connectivity index (χ1n) is 7.88. The molecule has 0 aromatic carbocycles. The van der Waals surface area contributed by atoms with Gasteiger partial charge in [0.2, 0.25) is 5.95 Å². The van der Waals surface area contributed by atoms with Gasteiger partial charge in [-0.3, -0.25) is 19.4 Å². The van der Waals surface area contributed by atoms with Crippen molar-refractivity contribution in [1.29, 1.82) is 0 Å². The predicted octanol–water partition coefficient (Wildman–Crippen LogP) is 1.82. The minimum absolute atomic E-state index is 0.00528. The smallest absolute Gasteiger partial charge is 0.256 e. The minimum Gasteiger partial charge on any atom is -0.390 e. The fraction of sp³-hybridized carbons (Fsp3) is 0.235. The van der Waals surface area contributed by atoms with E-state index in [4.69, 9.17) is 5.73 Å². The number of aliphatic imine (C=N–C) groups is 1. The Morgan fingerprint density at radius 1 is 1.36 bits per heavy atom. The van der Waals surface area contributed by atoms with Gasteiger partial charge in [-0.1, -0.05) is 13.8 Å². The third-order valence-corrected chi connectivity index (χ3v) is 3.72. The average molecular weight is 337 g/mol. The Balaban J connectivity index is 2.02. The van der Waals surface area contributed by atoms with Gasteiger partial charge in [0.05, 0.1) is 24.8 Å². The molecule has 25 heavy (non-hydrogen) atoms. The number of hydrogen-bond donors (Lipinski definition) is 2. The van der Waals surface area contributed by atoms with Crippen LogP contribution in [-0.4, -0.2) is 31.1 Å². The molecule has 0 unspecified atom stereocenters. The van der Waals surface area contributed by atoms with Gasteiger partial charge in [0.1, 0.15) is 0 Å². The Hall–Kier alpha value is -3.29. The van der Waals surface area contributed by atoms with E-state index in [1.165, 1.54) is 0 Å². The van der Waals surface area contributed by atoms with Crippen LogP contribution in [0.15, 0.2) is 46.7 Å². The maximum Gasteiger partial charge on any atom is 0.256 e. The van der Waals surface area contributed by atoms with Gasteiger partial charge in [-0.05, 0) is 23.6 Å². The van der Waals surface area contributed by atoms with E-state index in [1.807, 2.05) is 32.2 Å². The van der Waals surface area contributed by atoms with Crippen molar-refractivity contribution >= 4 is 12.3 Å². The van der Waals surface area contributed by atoms with Crippen molar-refractivity contribution in [2.75, 3.05) is 0 Å². The van der Waals surface area contributed by atoms with Crippen LogP contribution in [0.5, 0.6) is 0 Å². The van der Waals surface area contributed by atoms with Crippen LogP contribution < -0.4 is 11.3 Å². The van der Waals surface area contributed by atoms with E-state index in [0.29, 0.717) is 17.8 Å².